The molecule has 0 spiro atoms. The summed E-state index contributed by atoms with van der Waals surface area (Å²) in [4.78, 5) is 14.9. The van der Waals surface area contributed by atoms with E-state index in [1.54, 1.807) is 6.92 Å². The second-order valence-corrected chi connectivity index (χ2v) is 4.33. The van der Waals surface area contributed by atoms with Crippen molar-refractivity contribution in [3.05, 3.63) is 35.5 Å². The van der Waals surface area contributed by atoms with Crippen LogP contribution in [0.5, 0.6) is 0 Å². The van der Waals surface area contributed by atoms with E-state index in [2.05, 4.69) is 10.3 Å². The van der Waals surface area contributed by atoms with Gasteiger partial charge in [-0.1, -0.05) is 12.1 Å². The van der Waals surface area contributed by atoms with Crippen molar-refractivity contribution in [1.82, 2.24) is 10.3 Å². The van der Waals surface area contributed by atoms with Gasteiger partial charge in [0, 0.05) is 16.9 Å². The first-order valence-corrected chi connectivity index (χ1v) is 5.61. The molecule has 1 unspecified atom stereocenters. The van der Waals surface area contributed by atoms with Gasteiger partial charge in [0.1, 0.15) is 5.69 Å². The molecular weight excluding hydrogens is 216 g/mol. The van der Waals surface area contributed by atoms with Gasteiger partial charge in [-0.25, -0.2) is 0 Å². The van der Waals surface area contributed by atoms with Crippen LogP contribution in [0.3, 0.4) is 0 Å². The fourth-order valence-electron chi connectivity index (χ4n) is 1.71. The average Bonchev–Trinajstić information content (AvgIpc) is 2.71. The number of aryl methyl sites for hydroxylation is 1. The Balaban J connectivity index is 2.27. The van der Waals surface area contributed by atoms with Crippen LogP contribution in [0.4, 0.5) is 0 Å². The van der Waals surface area contributed by atoms with Crippen molar-refractivity contribution in [2.45, 2.75) is 19.9 Å². The second-order valence-electron chi connectivity index (χ2n) is 4.33. The molecule has 0 aliphatic heterocycles. The number of aromatic nitrogens is 1. The highest BCUT2D eigenvalue weighted by molar-refractivity contribution is 5.98. The number of amides is 1. The molecule has 0 aliphatic rings. The van der Waals surface area contributed by atoms with Crippen molar-refractivity contribution in [2.24, 2.45) is 0 Å². The minimum absolute atomic E-state index is 0.0644. The monoisotopic (exact) mass is 232 g/mol. The van der Waals surface area contributed by atoms with E-state index in [0.29, 0.717) is 5.69 Å². The third kappa shape index (κ3) is 2.47. The van der Waals surface area contributed by atoms with Gasteiger partial charge in [0.2, 0.25) is 0 Å². The van der Waals surface area contributed by atoms with Crippen molar-refractivity contribution < 1.29 is 9.90 Å². The molecule has 1 aromatic heterocycles. The topological polar surface area (TPSA) is 65.1 Å². The van der Waals surface area contributed by atoms with Crippen LogP contribution in [0.2, 0.25) is 0 Å². The van der Waals surface area contributed by atoms with E-state index in [1.807, 2.05) is 31.2 Å². The number of aliphatic hydroxyl groups is 1. The van der Waals surface area contributed by atoms with Crippen molar-refractivity contribution in [2.75, 3.05) is 6.61 Å². The zero-order valence-electron chi connectivity index (χ0n) is 9.95. The largest absolute Gasteiger partial charge is 0.394 e. The number of nitrogens with one attached hydrogen (secondary N) is 2. The summed E-state index contributed by atoms with van der Waals surface area (Å²) >= 11 is 0. The minimum Gasteiger partial charge on any atom is -0.394 e. The summed E-state index contributed by atoms with van der Waals surface area (Å²) in [6.07, 6.45) is 0. The fraction of sp³-hybridized carbons (Fsp3) is 0.308. The molecule has 17 heavy (non-hydrogen) atoms. The molecule has 1 amide bonds. The van der Waals surface area contributed by atoms with Gasteiger partial charge < -0.3 is 15.4 Å². The molecule has 3 N–H and O–H groups in total. The van der Waals surface area contributed by atoms with E-state index in [0.717, 1.165) is 16.5 Å². The van der Waals surface area contributed by atoms with E-state index in [-0.39, 0.29) is 18.6 Å². The predicted molar refractivity (Wildman–Crippen MR) is 67.0 cm³/mol. The third-order valence-corrected chi connectivity index (χ3v) is 2.67. The van der Waals surface area contributed by atoms with Gasteiger partial charge in [0.05, 0.1) is 6.61 Å². The van der Waals surface area contributed by atoms with Crippen LogP contribution in [-0.4, -0.2) is 28.6 Å². The van der Waals surface area contributed by atoms with Gasteiger partial charge >= 0.3 is 0 Å². The Morgan fingerprint density at radius 3 is 2.94 bits per heavy atom. The third-order valence-electron chi connectivity index (χ3n) is 2.67. The first-order valence-electron chi connectivity index (χ1n) is 5.61. The van der Waals surface area contributed by atoms with Crippen LogP contribution in [0.15, 0.2) is 24.3 Å². The number of aromatic amines is 1. The highest BCUT2D eigenvalue weighted by Crippen LogP contribution is 2.16. The molecule has 0 fully saturated rings. The van der Waals surface area contributed by atoms with Crippen molar-refractivity contribution >= 4 is 16.8 Å². The number of aliphatic hydroxyl groups excluding tert-OH is 1. The Morgan fingerprint density at radius 1 is 1.47 bits per heavy atom. The summed E-state index contributed by atoms with van der Waals surface area (Å²) in [5, 5.41) is 12.6. The Labute approximate surface area is 99.7 Å². The standard InChI is InChI=1S/C13H16N2O2/c1-8-3-4-10-6-12(15-11(10)5-8)13(17)14-9(2)7-16/h3-6,9,15-16H,7H2,1-2H3,(H,14,17). The number of benzene rings is 1. The van der Waals surface area contributed by atoms with Crippen molar-refractivity contribution in [3.63, 3.8) is 0 Å². The molecule has 1 heterocycles. The molecule has 1 aromatic carbocycles. The van der Waals surface area contributed by atoms with Gasteiger partial charge in [-0.3, -0.25) is 4.79 Å². The van der Waals surface area contributed by atoms with Crippen LogP contribution < -0.4 is 5.32 Å². The van der Waals surface area contributed by atoms with Crippen molar-refractivity contribution in [1.29, 1.82) is 0 Å². The molecule has 0 bridgehead atoms. The molecule has 2 rings (SSSR count). The SMILES string of the molecule is Cc1ccc2cc(C(=O)NC(C)CO)[nH]c2c1. The van der Waals surface area contributed by atoms with Crippen LogP contribution in [0, 0.1) is 6.92 Å². The summed E-state index contributed by atoms with van der Waals surface area (Å²) in [5.41, 5.74) is 2.62. The predicted octanol–water partition coefficient (Wildman–Crippen LogP) is 1.59. The van der Waals surface area contributed by atoms with E-state index in [4.69, 9.17) is 5.11 Å². The minimum atomic E-state index is -0.240. The Hall–Kier alpha value is -1.81. The van der Waals surface area contributed by atoms with E-state index < -0.39 is 0 Å². The number of carbonyl (C=O) groups is 1. The second kappa shape index (κ2) is 4.59. The molecular formula is C13H16N2O2. The Bertz CT molecular complexity index is 545. The van der Waals surface area contributed by atoms with E-state index in [1.165, 1.54) is 0 Å². The van der Waals surface area contributed by atoms with Crippen LogP contribution in [0.25, 0.3) is 10.9 Å². The molecule has 0 saturated carbocycles. The smallest absolute Gasteiger partial charge is 0.268 e. The van der Waals surface area contributed by atoms with Gasteiger partial charge in [-0.2, -0.15) is 0 Å². The van der Waals surface area contributed by atoms with Gasteiger partial charge in [-0.05, 0) is 31.5 Å². The summed E-state index contributed by atoms with van der Waals surface area (Å²) in [6.45, 7) is 3.70. The van der Waals surface area contributed by atoms with Crippen LogP contribution in [-0.2, 0) is 0 Å². The Kier molecular flexibility index (Phi) is 3.15. The number of rotatable bonds is 3. The maximum atomic E-state index is 11.8. The van der Waals surface area contributed by atoms with E-state index in [9.17, 15) is 4.79 Å². The number of fused-ring (bicyclic) bond motifs is 1. The number of H-pyrrole nitrogens is 1. The summed E-state index contributed by atoms with van der Waals surface area (Å²) < 4.78 is 0. The fourth-order valence-corrected chi connectivity index (χ4v) is 1.71. The first kappa shape index (κ1) is 11.7. The molecule has 2 aromatic rings. The first-order chi connectivity index (χ1) is 8.10. The normalized spacial score (nSPS) is 12.6. The molecule has 1 atom stereocenters. The summed E-state index contributed by atoms with van der Waals surface area (Å²) in [5.74, 6) is -0.194. The zero-order chi connectivity index (χ0) is 12.4. The number of hydrogen-bond acceptors (Lipinski definition) is 2. The maximum Gasteiger partial charge on any atom is 0.268 e. The molecule has 4 nitrogen and oxygen atoms in total. The van der Waals surface area contributed by atoms with Crippen LogP contribution in [0.1, 0.15) is 23.0 Å². The molecule has 0 radical (unpaired) electrons. The Morgan fingerprint density at radius 2 is 2.24 bits per heavy atom. The highest BCUT2D eigenvalue weighted by Gasteiger charge is 2.11. The number of hydrogen-bond donors (Lipinski definition) is 3. The lowest BCUT2D eigenvalue weighted by molar-refractivity contribution is 0.0918. The lowest BCUT2D eigenvalue weighted by Crippen LogP contribution is -2.35. The highest BCUT2D eigenvalue weighted by atomic mass is 16.3. The lowest BCUT2D eigenvalue weighted by atomic mass is 10.2. The average molecular weight is 232 g/mol. The molecule has 0 saturated heterocycles. The zero-order valence-corrected chi connectivity index (χ0v) is 9.95. The van der Waals surface area contributed by atoms with Gasteiger partial charge in [0.15, 0.2) is 0 Å². The molecule has 0 aliphatic carbocycles. The quantitative estimate of drug-likeness (QED) is 0.752. The lowest BCUT2D eigenvalue weighted by Gasteiger charge is -2.08. The van der Waals surface area contributed by atoms with E-state index >= 15 is 0 Å². The number of carbonyl (C=O) groups excluding carboxylic acids is 1. The maximum absolute atomic E-state index is 11.8. The molecule has 90 valence electrons. The summed E-state index contributed by atoms with van der Waals surface area (Å²) in [6, 6.07) is 7.56. The summed E-state index contributed by atoms with van der Waals surface area (Å²) in [7, 11) is 0. The van der Waals surface area contributed by atoms with Crippen LogP contribution >= 0.6 is 0 Å². The molecule has 4 heteroatoms. The van der Waals surface area contributed by atoms with Gasteiger partial charge in [0.25, 0.3) is 5.91 Å². The van der Waals surface area contributed by atoms with Gasteiger partial charge in [-0.15, -0.1) is 0 Å². The van der Waals surface area contributed by atoms with Crippen molar-refractivity contribution in [3.8, 4) is 0 Å².